The molecule has 0 saturated carbocycles. The minimum atomic E-state index is -0.501. The van der Waals surface area contributed by atoms with Crippen molar-refractivity contribution in [3.05, 3.63) is 83.9 Å². The summed E-state index contributed by atoms with van der Waals surface area (Å²) < 4.78 is 10.7. The molecule has 0 fully saturated rings. The maximum atomic E-state index is 12.6. The third kappa shape index (κ3) is 3.91. The van der Waals surface area contributed by atoms with Crippen LogP contribution in [0.3, 0.4) is 0 Å². The second kappa shape index (κ2) is 8.33. The van der Waals surface area contributed by atoms with Crippen LogP contribution in [-0.2, 0) is 4.79 Å². The quantitative estimate of drug-likeness (QED) is 0.377. The van der Waals surface area contributed by atoms with E-state index in [2.05, 4.69) is 10.5 Å². The number of aromatic nitrogens is 1. The summed E-state index contributed by atoms with van der Waals surface area (Å²) in [4.78, 5) is 12.6. The number of ether oxygens (including phenoxy) is 1. The summed E-state index contributed by atoms with van der Waals surface area (Å²) in [7, 11) is 1.55. The molecule has 30 heavy (non-hydrogen) atoms. The Balaban J connectivity index is 1.65. The van der Waals surface area contributed by atoms with Crippen LogP contribution in [0.5, 0.6) is 5.75 Å². The molecular formula is C24H17N3O3. The number of nitrogens with zero attached hydrogens (tertiary/aromatic N) is 2. The average Bonchev–Trinajstić information content (AvgIpc) is 3.21. The number of amides is 1. The monoisotopic (exact) mass is 395 g/mol. The van der Waals surface area contributed by atoms with Gasteiger partial charge in [0.1, 0.15) is 22.9 Å². The van der Waals surface area contributed by atoms with Gasteiger partial charge in [-0.2, -0.15) is 5.26 Å². The summed E-state index contributed by atoms with van der Waals surface area (Å²) >= 11 is 0. The molecule has 6 nitrogen and oxygen atoms in total. The fourth-order valence-corrected chi connectivity index (χ4v) is 3.06. The molecule has 0 aliphatic carbocycles. The first-order valence-corrected chi connectivity index (χ1v) is 9.20. The molecule has 4 rings (SSSR count). The first-order valence-electron chi connectivity index (χ1n) is 9.20. The summed E-state index contributed by atoms with van der Waals surface area (Å²) in [5, 5.41) is 17.1. The molecule has 0 unspecified atom stereocenters. The Kier molecular flexibility index (Phi) is 5.27. The minimum absolute atomic E-state index is 0.0186. The van der Waals surface area contributed by atoms with E-state index >= 15 is 0 Å². The summed E-state index contributed by atoms with van der Waals surface area (Å²) in [5.74, 6) is 0.751. The van der Waals surface area contributed by atoms with Crippen LogP contribution in [0.25, 0.3) is 28.3 Å². The van der Waals surface area contributed by atoms with E-state index in [1.165, 1.54) is 6.08 Å². The molecule has 6 heteroatoms. The second-order valence-electron chi connectivity index (χ2n) is 6.51. The number of nitriles is 1. The van der Waals surface area contributed by atoms with Crippen LogP contribution >= 0.6 is 0 Å². The van der Waals surface area contributed by atoms with E-state index in [-0.39, 0.29) is 5.57 Å². The van der Waals surface area contributed by atoms with Gasteiger partial charge in [-0.25, -0.2) is 0 Å². The van der Waals surface area contributed by atoms with Crippen molar-refractivity contribution in [1.29, 1.82) is 5.26 Å². The lowest BCUT2D eigenvalue weighted by Crippen LogP contribution is -2.13. The third-order valence-corrected chi connectivity index (χ3v) is 4.54. The summed E-state index contributed by atoms with van der Waals surface area (Å²) in [5.41, 5.74) is 2.82. The summed E-state index contributed by atoms with van der Waals surface area (Å²) in [6.45, 7) is 0. The predicted molar refractivity (Wildman–Crippen MR) is 115 cm³/mol. The maximum absolute atomic E-state index is 12.6. The zero-order chi connectivity index (χ0) is 20.9. The minimum Gasteiger partial charge on any atom is -0.497 e. The Labute approximate surface area is 173 Å². The van der Waals surface area contributed by atoms with Gasteiger partial charge < -0.3 is 14.6 Å². The van der Waals surface area contributed by atoms with E-state index < -0.39 is 5.91 Å². The molecule has 0 atom stereocenters. The van der Waals surface area contributed by atoms with Gasteiger partial charge in [0.05, 0.1) is 12.5 Å². The average molecular weight is 395 g/mol. The van der Waals surface area contributed by atoms with Gasteiger partial charge in [0.2, 0.25) is 0 Å². The Morgan fingerprint density at radius 1 is 1.10 bits per heavy atom. The Morgan fingerprint density at radius 3 is 2.70 bits per heavy atom. The van der Waals surface area contributed by atoms with Gasteiger partial charge in [-0.3, -0.25) is 4.79 Å². The number of hydrogen-bond acceptors (Lipinski definition) is 5. The number of hydrogen-bond donors (Lipinski definition) is 1. The van der Waals surface area contributed by atoms with Gasteiger partial charge in [0, 0.05) is 17.3 Å². The van der Waals surface area contributed by atoms with Gasteiger partial charge in [0.25, 0.3) is 5.91 Å². The smallest absolute Gasteiger partial charge is 0.266 e. The van der Waals surface area contributed by atoms with Crippen LogP contribution in [0, 0.1) is 11.3 Å². The summed E-state index contributed by atoms with van der Waals surface area (Å²) in [6, 6.07) is 24.0. The molecule has 0 aliphatic heterocycles. The topological polar surface area (TPSA) is 88.1 Å². The molecule has 0 aliphatic rings. The standard InChI is InChI=1S/C24H17N3O3/c1-29-20-9-5-8-19(14-20)26-24(28)18(15-25)12-16-10-11-22-21(13-16)23(30-27-22)17-6-3-2-4-7-17/h2-14H,1H3,(H,26,28)/b18-12+. The molecule has 1 aromatic heterocycles. The van der Waals surface area contributed by atoms with Crippen molar-refractivity contribution in [2.45, 2.75) is 0 Å². The van der Waals surface area contributed by atoms with E-state index in [0.717, 1.165) is 10.9 Å². The van der Waals surface area contributed by atoms with E-state index in [1.54, 1.807) is 43.5 Å². The molecule has 0 bridgehead atoms. The molecular weight excluding hydrogens is 378 g/mol. The number of methoxy groups -OCH3 is 1. The van der Waals surface area contributed by atoms with Gasteiger partial charge >= 0.3 is 0 Å². The predicted octanol–water partition coefficient (Wildman–Crippen LogP) is 5.05. The van der Waals surface area contributed by atoms with Crippen LogP contribution in [0.2, 0.25) is 0 Å². The number of benzene rings is 3. The lowest BCUT2D eigenvalue weighted by Gasteiger charge is -2.06. The molecule has 1 amide bonds. The van der Waals surface area contributed by atoms with Gasteiger partial charge in [0.15, 0.2) is 5.76 Å². The van der Waals surface area contributed by atoms with Crippen molar-refractivity contribution in [3.8, 4) is 23.1 Å². The molecule has 1 heterocycles. The molecule has 4 aromatic rings. The van der Waals surface area contributed by atoms with Gasteiger partial charge in [-0.1, -0.05) is 47.6 Å². The van der Waals surface area contributed by atoms with Crippen molar-refractivity contribution in [1.82, 2.24) is 5.16 Å². The van der Waals surface area contributed by atoms with Crippen LogP contribution in [0.4, 0.5) is 5.69 Å². The van der Waals surface area contributed by atoms with Crippen LogP contribution < -0.4 is 10.1 Å². The fraction of sp³-hybridized carbons (Fsp3) is 0.0417. The Hall–Kier alpha value is -4.37. The summed E-state index contributed by atoms with van der Waals surface area (Å²) in [6.07, 6.45) is 1.54. The number of rotatable bonds is 5. The first kappa shape index (κ1) is 19.0. The highest BCUT2D eigenvalue weighted by atomic mass is 16.5. The van der Waals surface area contributed by atoms with Gasteiger partial charge in [-0.15, -0.1) is 0 Å². The Morgan fingerprint density at radius 2 is 1.93 bits per heavy atom. The van der Waals surface area contributed by atoms with E-state index in [0.29, 0.717) is 28.3 Å². The largest absolute Gasteiger partial charge is 0.497 e. The van der Waals surface area contributed by atoms with E-state index in [1.807, 2.05) is 42.5 Å². The number of carbonyl (C=O) groups is 1. The van der Waals surface area contributed by atoms with Crippen LogP contribution in [0.15, 0.2) is 82.9 Å². The third-order valence-electron chi connectivity index (χ3n) is 4.54. The van der Waals surface area contributed by atoms with Crippen molar-refractivity contribution < 1.29 is 14.1 Å². The molecule has 0 radical (unpaired) electrons. The highest BCUT2D eigenvalue weighted by Gasteiger charge is 2.13. The number of fused-ring (bicyclic) bond motifs is 1. The lowest BCUT2D eigenvalue weighted by atomic mass is 10.0. The molecule has 3 aromatic carbocycles. The van der Waals surface area contributed by atoms with E-state index in [4.69, 9.17) is 9.26 Å². The van der Waals surface area contributed by atoms with Gasteiger partial charge in [-0.05, 0) is 35.9 Å². The molecule has 0 spiro atoms. The zero-order valence-electron chi connectivity index (χ0n) is 16.1. The SMILES string of the molecule is COc1cccc(NC(=O)/C(C#N)=C/c2ccc3noc(-c4ccccc4)c3c2)c1. The lowest BCUT2D eigenvalue weighted by molar-refractivity contribution is -0.112. The number of carbonyl (C=O) groups excluding carboxylic acids is 1. The highest BCUT2D eigenvalue weighted by molar-refractivity contribution is 6.10. The van der Waals surface area contributed by atoms with Crippen molar-refractivity contribution in [3.63, 3.8) is 0 Å². The first-order chi connectivity index (χ1) is 14.7. The van der Waals surface area contributed by atoms with Crippen molar-refractivity contribution in [2.75, 3.05) is 12.4 Å². The normalized spacial score (nSPS) is 11.1. The fourth-order valence-electron chi connectivity index (χ4n) is 3.06. The Bertz CT molecular complexity index is 1280. The van der Waals surface area contributed by atoms with Crippen molar-refractivity contribution >= 4 is 28.6 Å². The molecule has 1 N–H and O–H groups in total. The zero-order valence-corrected chi connectivity index (χ0v) is 16.1. The number of anilines is 1. The molecule has 146 valence electrons. The van der Waals surface area contributed by atoms with Crippen molar-refractivity contribution in [2.24, 2.45) is 0 Å². The highest BCUT2D eigenvalue weighted by Crippen LogP contribution is 2.29. The van der Waals surface area contributed by atoms with E-state index in [9.17, 15) is 10.1 Å². The maximum Gasteiger partial charge on any atom is 0.266 e. The number of nitrogens with one attached hydrogen (secondary N) is 1. The van der Waals surface area contributed by atoms with Crippen LogP contribution in [0.1, 0.15) is 5.56 Å². The second-order valence-corrected chi connectivity index (χ2v) is 6.51. The molecule has 0 saturated heterocycles. The van der Waals surface area contributed by atoms with Crippen LogP contribution in [-0.4, -0.2) is 18.2 Å².